The minimum Gasteiger partial charge on any atom is -0.368 e. The second-order valence-electron chi connectivity index (χ2n) is 6.33. The summed E-state index contributed by atoms with van der Waals surface area (Å²) in [6.07, 6.45) is 9.76. The molecule has 2 atom stereocenters. The van der Waals surface area contributed by atoms with Gasteiger partial charge in [-0.05, 0) is 57.3 Å². The van der Waals surface area contributed by atoms with Gasteiger partial charge in [-0.15, -0.1) is 0 Å². The predicted octanol–water partition coefficient (Wildman–Crippen LogP) is 4.62. The Kier molecular flexibility index (Phi) is 6.50. The van der Waals surface area contributed by atoms with Crippen molar-refractivity contribution in [3.63, 3.8) is 0 Å². The molecule has 1 aliphatic rings. The number of hydrogen-bond donors (Lipinski definition) is 1. The average molecular weight is 289 g/mol. The highest BCUT2D eigenvalue weighted by atomic mass is 15.2. The molecule has 1 N–H and O–H groups in total. The lowest BCUT2D eigenvalue weighted by atomic mass is 9.96. The molecule has 1 aromatic heterocycles. The molecule has 0 spiro atoms. The van der Waals surface area contributed by atoms with Crippen LogP contribution in [0.15, 0.2) is 18.3 Å². The second kappa shape index (κ2) is 8.38. The van der Waals surface area contributed by atoms with E-state index in [-0.39, 0.29) is 0 Å². The molecular weight excluding hydrogens is 258 g/mol. The van der Waals surface area contributed by atoms with Gasteiger partial charge in [-0.1, -0.05) is 32.8 Å². The van der Waals surface area contributed by atoms with Crippen LogP contribution in [0.3, 0.4) is 0 Å². The molecule has 2 rings (SSSR count). The summed E-state index contributed by atoms with van der Waals surface area (Å²) in [6.45, 7) is 9.14. The third-order valence-corrected chi connectivity index (χ3v) is 4.59. The number of aromatic nitrogens is 1. The summed E-state index contributed by atoms with van der Waals surface area (Å²) in [5.74, 6) is 1.00. The molecular formula is C18H31N3. The minimum absolute atomic E-state index is 0.485. The lowest BCUT2D eigenvalue weighted by molar-refractivity contribution is 0.146. The first-order valence-corrected chi connectivity index (χ1v) is 8.71. The molecule has 1 aliphatic heterocycles. The molecule has 0 bridgehead atoms. The van der Waals surface area contributed by atoms with Crippen LogP contribution in [-0.4, -0.2) is 29.0 Å². The number of anilines is 1. The largest absolute Gasteiger partial charge is 0.368 e. The van der Waals surface area contributed by atoms with Crippen LogP contribution in [0.2, 0.25) is 0 Å². The fourth-order valence-corrected chi connectivity index (χ4v) is 3.04. The van der Waals surface area contributed by atoms with E-state index in [1.165, 1.54) is 50.8 Å². The lowest BCUT2D eigenvalue weighted by Crippen LogP contribution is -2.34. The number of hydrogen-bond acceptors (Lipinski definition) is 3. The van der Waals surface area contributed by atoms with Gasteiger partial charge >= 0.3 is 0 Å². The van der Waals surface area contributed by atoms with E-state index in [1.807, 2.05) is 0 Å². The Morgan fingerprint density at radius 3 is 2.86 bits per heavy atom. The topological polar surface area (TPSA) is 28.2 Å². The number of likely N-dealkylation sites (tertiary alicyclic amines) is 1. The maximum atomic E-state index is 4.62. The number of pyridine rings is 1. The first kappa shape index (κ1) is 16.3. The van der Waals surface area contributed by atoms with Crippen molar-refractivity contribution in [3.05, 3.63) is 23.9 Å². The van der Waals surface area contributed by atoms with E-state index in [0.29, 0.717) is 12.1 Å². The summed E-state index contributed by atoms with van der Waals surface area (Å²) in [5.41, 5.74) is 1.39. The quantitative estimate of drug-likeness (QED) is 0.794. The van der Waals surface area contributed by atoms with E-state index < -0.39 is 0 Å². The Morgan fingerprint density at radius 2 is 2.19 bits per heavy atom. The molecule has 1 fully saturated rings. The number of unbranched alkanes of at least 4 members (excludes halogenated alkanes) is 1. The molecule has 2 heterocycles. The van der Waals surface area contributed by atoms with Crippen LogP contribution in [0.25, 0.3) is 0 Å². The Balaban J connectivity index is 2.01. The van der Waals surface area contributed by atoms with Gasteiger partial charge in [0.05, 0.1) is 0 Å². The lowest BCUT2D eigenvalue weighted by Gasteiger charge is -2.36. The van der Waals surface area contributed by atoms with Gasteiger partial charge in [-0.3, -0.25) is 4.90 Å². The normalized spacial score (nSPS) is 21.2. The highest BCUT2D eigenvalue weighted by molar-refractivity contribution is 5.37. The number of nitrogens with one attached hydrogen (secondary N) is 1. The SMILES string of the molecule is CCCCN1CCCC[C@H]1c1ccc(N[C@@H](C)CC)nc1. The van der Waals surface area contributed by atoms with Gasteiger partial charge in [0.2, 0.25) is 0 Å². The van der Waals surface area contributed by atoms with Crippen LogP contribution in [-0.2, 0) is 0 Å². The van der Waals surface area contributed by atoms with Crippen molar-refractivity contribution in [2.24, 2.45) is 0 Å². The molecule has 0 unspecified atom stereocenters. The summed E-state index contributed by atoms with van der Waals surface area (Å²) in [7, 11) is 0. The summed E-state index contributed by atoms with van der Waals surface area (Å²) in [5, 5.41) is 3.44. The summed E-state index contributed by atoms with van der Waals surface area (Å²) < 4.78 is 0. The fourth-order valence-electron chi connectivity index (χ4n) is 3.04. The second-order valence-corrected chi connectivity index (χ2v) is 6.33. The third kappa shape index (κ3) is 4.70. The molecule has 0 radical (unpaired) electrons. The summed E-state index contributed by atoms with van der Waals surface area (Å²) in [6, 6.07) is 5.48. The van der Waals surface area contributed by atoms with E-state index in [2.05, 4.69) is 54.3 Å². The van der Waals surface area contributed by atoms with Crippen molar-refractivity contribution in [2.45, 2.75) is 71.4 Å². The van der Waals surface area contributed by atoms with E-state index in [9.17, 15) is 0 Å². The number of nitrogens with zero attached hydrogens (tertiary/aromatic N) is 2. The highest BCUT2D eigenvalue weighted by Gasteiger charge is 2.23. The smallest absolute Gasteiger partial charge is 0.126 e. The van der Waals surface area contributed by atoms with Crippen molar-refractivity contribution in [1.29, 1.82) is 0 Å². The van der Waals surface area contributed by atoms with Crippen molar-refractivity contribution in [2.75, 3.05) is 18.4 Å². The molecule has 118 valence electrons. The van der Waals surface area contributed by atoms with Crippen LogP contribution in [0.1, 0.15) is 70.9 Å². The third-order valence-electron chi connectivity index (χ3n) is 4.59. The molecule has 21 heavy (non-hydrogen) atoms. The van der Waals surface area contributed by atoms with Crippen LogP contribution in [0.5, 0.6) is 0 Å². The highest BCUT2D eigenvalue weighted by Crippen LogP contribution is 2.31. The maximum Gasteiger partial charge on any atom is 0.126 e. The molecule has 0 saturated carbocycles. The number of rotatable bonds is 7. The zero-order valence-corrected chi connectivity index (χ0v) is 13.9. The fraction of sp³-hybridized carbons (Fsp3) is 0.722. The van der Waals surface area contributed by atoms with Crippen LogP contribution < -0.4 is 5.32 Å². The standard InChI is InChI=1S/C18H31N3/c1-4-6-12-21-13-8-7-9-17(21)16-10-11-18(19-14-16)20-15(3)5-2/h10-11,14-15,17H,4-9,12-13H2,1-3H3,(H,19,20)/t15-,17-/m0/s1. The van der Waals surface area contributed by atoms with Gasteiger partial charge in [0.25, 0.3) is 0 Å². The van der Waals surface area contributed by atoms with Crippen LogP contribution in [0.4, 0.5) is 5.82 Å². The predicted molar refractivity (Wildman–Crippen MR) is 90.7 cm³/mol. The van der Waals surface area contributed by atoms with Crippen LogP contribution >= 0.6 is 0 Å². The van der Waals surface area contributed by atoms with E-state index in [4.69, 9.17) is 0 Å². The van der Waals surface area contributed by atoms with Crippen molar-refractivity contribution < 1.29 is 0 Å². The van der Waals surface area contributed by atoms with Gasteiger partial charge in [0.1, 0.15) is 5.82 Å². The Morgan fingerprint density at radius 1 is 1.33 bits per heavy atom. The van der Waals surface area contributed by atoms with Crippen molar-refractivity contribution >= 4 is 5.82 Å². The minimum atomic E-state index is 0.485. The Hall–Kier alpha value is -1.09. The van der Waals surface area contributed by atoms with Gasteiger partial charge in [-0.2, -0.15) is 0 Å². The monoisotopic (exact) mass is 289 g/mol. The van der Waals surface area contributed by atoms with Gasteiger partial charge in [0, 0.05) is 18.3 Å². The van der Waals surface area contributed by atoms with Crippen molar-refractivity contribution in [1.82, 2.24) is 9.88 Å². The van der Waals surface area contributed by atoms with E-state index in [0.717, 1.165) is 12.2 Å². The molecule has 1 saturated heterocycles. The molecule has 1 aromatic rings. The number of piperidine rings is 1. The zero-order valence-electron chi connectivity index (χ0n) is 13.9. The molecule has 3 nitrogen and oxygen atoms in total. The Labute approximate surface area is 130 Å². The first-order valence-electron chi connectivity index (χ1n) is 8.71. The van der Waals surface area contributed by atoms with Gasteiger partial charge in [-0.25, -0.2) is 4.98 Å². The Bertz CT molecular complexity index is 401. The van der Waals surface area contributed by atoms with Crippen molar-refractivity contribution in [3.8, 4) is 0 Å². The summed E-state index contributed by atoms with van der Waals surface area (Å²) >= 11 is 0. The molecule has 3 heteroatoms. The summed E-state index contributed by atoms with van der Waals surface area (Å²) in [4.78, 5) is 7.28. The first-order chi connectivity index (χ1) is 10.2. The van der Waals surface area contributed by atoms with Gasteiger partial charge in [0.15, 0.2) is 0 Å². The molecule has 0 amide bonds. The molecule has 0 aliphatic carbocycles. The average Bonchev–Trinajstić information content (AvgIpc) is 2.54. The van der Waals surface area contributed by atoms with Crippen LogP contribution in [0, 0.1) is 0 Å². The van der Waals surface area contributed by atoms with E-state index in [1.54, 1.807) is 0 Å². The maximum absolute atomic E-state index is 4.62. The van der Waals surface area contributed by atoms with Gasteiger partial charge < -0.3 is 5.32 Å². The molecule has 0 aromatic carbocycles. The zero-order chi connectivity index (χ0) is 15.1. The van der Waals surface area contributed by atoms with E-state index >= 15 is 0 Å².